The molecule has 7 heteroatoms. The molecule has 0 aromatic heterocycles. The van der Waals surface area contributed by atoms with Gasteiger partial charge in [-0.25, -0.2) is 0 Å². The number of carbonyl (C=O) groups is 1. The van der Waals surface area contributed by atoms with Crippen LogP contribution in [0.2, 0.25) is 10.0 Å². The van der Waals surface area contributed by atoms with Gasteiger partial charge in [-0.1, -0.05) is 78.5 Å². The van der Waals surface area contributed by atoms with Crippen LogP contribution in [0.5, 0.6) is 0 Å². The highest BCUT2D eigenvalue weighted by Gasteiger charge is 2.37. The van der Waals surface area contributed by atoms with E-state index in [1.54, 1.807) is 11.8 Å². The molecule has 5 rings (SSSR count). The van der Waals surface area contributed by atoms with Crippen LogP contribution in [0.3, 0.4) is 0 Å². The van der Waals surface area contributed by atoms with Crippen LogP contribution in [0.4, 0.5) is 0 Å². The van der Waals surface area contributed by atoms with Crippen molar-refractivity contribution in [3.8, 4) is 0 Å². The molecule has 0 radical (unpaired) electrons. The van der Waals surface area contributed by atoms with Crippen LogP contribution >= 0.6 is 35.0 Å². The molecule has 1 aliphatic carbocycles. The summed E-state index contributed by atoms with van der Waals surface area (Å²) in [7, 11) is 0. The number of halogens is 2. The summed E-state index contributed by atoms with van der Waals surface area (Å²) in [6.07, 6.45) is 9.90. The zero-order valence-corrected chi connectivity index (χ0v) is 23.1. The summed E-state index contributed by atoms with van der Waals surface area (Å²) < 4.78 is 0. The van der Waals surface area contributed by atoms with Gasteiger partial charge >= 0.3 is 0 Å². The maximum atomic E-state index is 13.5. The van der Waals surface area contributed by atoms with Crippen molar-refractivity contribution in [2.75, 3.05) is 39.3 Å². The van der Waals surface area contributed by atoms with Crippen LogP contribution < -0.4 is 0 Å². The highest BCUT2D eigenvalue weighted by molar-refractivity contribution is 8.04. The molecule has 2 heterocycles. The molecule has 2 aromatic carbocycles. The van der Waals surface area contributed by atoms with Crippen molar-refractivity contribution in [3.05, 3.63) is 74.6 Å². The summed E-state index contributed by atoms with van der Waals surface area (Å²) in [6, 6.07) is 16.3. The highest BCUT2D eigenvalue weighted by Crippen LogP contribution is 2.46. The lowest BCUT2D eigenvalue weighted by Gasteiger charge is -2.41. The van der Waals surface area contributed by atoms with Gasteiger partial charge in [0.25, 0.3) is 5.91 Å². The minimum Gasteiger partial charge on any atom is -0.322 e. The second kappa shape index (κ2) is 12.4. The first-order chi connectivity index (χ1) is 17.6. The fraction of sp³-hybridized carbons (Fsp3) is 0.483. The zero-order valence-electron chi connectivity index (χ0n) is 20.8. The van der Waals surface area contributed by atoms with Crippen molar-refractivity contribution in [1.82, 2.24) is 14.7 Å². The molecule has 1 amide bonds. The summed E-state index contributed by atoms with van der Waals surface area (Å²) in [5.74, 6) is 0.0899. The van der Waals surface area contributed by atoms with Crippen molar-refractivity contribution in [2.45, 2.75) is 49.9 Å². The topological polar surface area (TPSA) is 26.8 Å². The van der Waals surface area contributed by atoms with Gasteiger partial charge in [-0.05, 0) is 67.3 Å². The second-order valence-electron chi connectivity index (χ2n) is 10.1. The smallest absolute Gasteiger partial charge is 0.261 e. The average molecular weight is 545 g/mol. The quantitative estimate of drug-likeness (QED) is 0.353. The van der Waals surface area contributed by atoms with Gasteiger partial charge in [0, 0.05) is 48.8 Å². The molecule has 3 fully saturated rings. The minimum absolute atomic E-state index is 0.0650. The molecule has 192 valence electrons. The maximum Gasteiger partial charge on any atom is 0.261 e. The van der Waals surface area contributed by atoms with Gasteiger partial charge in [0.15, 0.2) is 0 Å². The molecular formula is C29H35Cl2N3OS. The first kappa shape index (κ1) is 26.1. The van der Waals surface area contributed by atoms with E-state index in [1.807, 2.05) is 53.4 Å². The molecule has 1 atom stereocenters. The van der Waals surface area contributed by atoms with Gasteiger partial charge in [-0.15, -0.1) is 0 Å². The molecule has 0 spiro atoms. The number of amides is 1. The number of piperazine rings is 1. The summed E-state index contributed by atoms with van der Waals surface area (Å²) in [6.45, 7) is 6.40. The number of hydrogen-bond acceptors (Lipinski definition) is 4. The van der Waals surface area contributed by atoms with E-state index in [9.17, 15) is 4.79 Å². The van der Waals surface area contributed by atoms with Gasteiger partial charge < -0.3 is 9.80 Å². The largest absolute Gasteiger partial charge is 0.322 e. The van der Waals surface area contributed by atoms with Crippen molar-refractivity contribution < 1.29 is 4.79 Å². The highest BCUT2D eigenvalue weighted by atomic mass is 35.5. The lowest BCUT2D eigenvalue weighted by Crippen LogP contribution is -2.51. The summed E-state index contributed by atoms with van der Waals surface area (Å²) in [5.41, 5.74) is 2.01. The third kappa shape index (κ3) is 6.49. The minimum atomic E-state index is -0.0650. The molecule has 1 unspecified atom stereocenters. The summed E-state index contributed by atoms with van der Waals surface area (Å²) in [5, 5.41) is 1.31. The Bertz CT molecular complexity index is 1080. The molecule has 0 bridgehead atoms. The van der Waals surface area contributed by atoms with Crippen molar-refractivity contribution in [2.24, 2.45) is 0 Å². The third-order valence-corrected chi connectivity index (χ3v) is 9.41. The predicted octanol–water partition coefficient (Wildman–Crippen LogP) is 6.95. The fourth-order valence-electron chi connectivity index (χ4n) is 5.72. The van der Waals surface area contributed by atoms with Crippen LogP contribution in [0, 0.1) is 0 Å². The first-order valence-electron chi connectivity index (χ1n) is 13.2. The Balaban J connectivity index is 1.22. The lowest BCUT2D eigenvalue weighted by atomic mass is 9.94. The molecule has 36 heavy (non-hydrogen) atoms. The van der Waals surface area contributed by atoms with E-state index in [1.165, 1.54) is 45.2 Å². The molecule has 2 aromatic rings. The van der Waals surface area contributed by atoms with E-state index >= 15 is 0 Å². The molecular weight excluding hydrogens is 509 g/mol. The summed E-state index contributed by atoms with van der Waals surface area (Å²) in [4.78, 5) is 21.6. The van der Waals surface area contributed by atoms with E-state index in [2.05, 4.69) is 15.9 Å². The molecule has 2 aliphatic heterocycles. The molecule has 2 saturated heterocycles. The third-order valence-electron chi connectivity index (χ3n) is 7.64. The molecule has 4 nitrogen and oxygen atoms in total. The predicted molar refractivity (Wildman–Crippen MR) is 152 cm³/mol. The molecule has 0 N–H and O–H groups in total. The van der Waals surface area contributed by atoms with Crippen molar-refractivity contribution in [1.29, 1.82) is 0 Å². The Morgan fingerprint density at radius 1 is 0.889 bits per heavy atom. The lowest BCUT2D eigenvalue weighted by molar-refractivity contribution is -0.126. The Labute approximate surface area is 229 Å². The standard InChI is InChI=1S/C29H35Cl2N3OS/c30-24-9-4-7-22(19-24)20-27-28(35)34(29(36-27)23-8-5-10-25(31)21-23)14-6-13-32-15-17-33(18-16-32)26-11-2-1-3-12-26/h4-5,7-10,19-21,26,29H,1-3,6,11-18H2/b27-20+. The van der Waals surface area contributed by atoms with Gasteiger partial charge in [-0.2, -0.15) is 0 Å². The van der Waals surface area contributed by atoms with Gasteiger partial charge in [-0.3, -0.25) is 9.69 Å². The van der Waals surface area contributed by atoms with E-state index < -0.39 is 0 Å². The van der Waals surface area contributed by atoms with Gasteiger partial charge in [0.1, 0.15) is 5.37 Å². The Hall–Kier alpha value is -1.50. The monoisotopic (exact) mass is 543 g/mol. The van der Waals surface area contributed by atoms with Crippen LogP contribution in [-0.4, -0.2) is 65.9 Å². The SMILES string of the molecule is O=C1/C(=C\c2cccc(Cl)c2)SC(c2cccc(Cl)c2)N1CCCN1CCN(C2CCCCC2)CC1. The average Bonchev–Trinajstić information content (AvgIpc) is 3.20. The maximum absolute atomic E-state index is 13.5. The van der Waals surface area contributed by atoms with E-state index in [0.29, 0.717) is 10.0 Å². The van der Waals surface area contributed by atoms with Crippen LogP contribution in [0.15, 0.2) is 53.4 Å². The van der Waals surface area contributed by atoms with E-state index in [4.69, 9.17) is 23.2 Å². The number of carbonyl (C=O) groups excluding carboxylic acids is 1. The van der Waals surface area contributed by atoms with Crippen LogP contribution in [-0.2, 0) is 4.79 Å². The Kier molecular flexibility index (Phi) is 8.97. The second-order valence-corrected chi connectivity index (χ2v) is 12.1. The summed E-state index contributed by atoms with van der Waals surface area (Å²) >= 11 is 14.1. The Morgan fingerprint density at radius 2 is 1.61 bits per heavy atom. The normalized spacial score (nSPS) is 23.6. The number of hydrogen-bond donors (Lipinski definition) is 0. The van der Waals surface area contributed by atoms with E-state index in [0.717, 1.165) is 54.7 Å². The first-order valence-corrected chi connectivity index (χ1v) is 14.9. The molecule has 1 saturated carbocycles. The number of nitrogens with zero attached hydrogens (tertiary/aromatic N) is 3. The van der Waals surface area contributed by atoms with Crippen molar-refractivity contribution in [3.63, 3.8) is 0 Å². The Morgan fingerprint density at radius 3 is 2.33 bits per heavy atom. The number of benzene rings is 2. The number of thioether (sulfide) groups is 1. The van der Waals surface area contributed by atoms with Crippen molar-refractivity contribution >= 4 is 46.9 Å². The fourth-order valence-corrected chi connectivity index (χ4v) is 7.39. The van der Waals surface area contributed by atoms with Crippen LogP contribution in [0.25, 0.3) is 6.08 Å². The van der Waals surface area contributed by atoms with E-state index in [-0.39, 0.29) is 11.3 Å². The number of rotatable bonds is 7. The van der Waals surface area contributed by atoms with Gasteiger partial charge in [0.2, 0.25) is 0 Å². The zero-order chi connectivity index (χ0) is 24.9. The van der Waals surface area contributed by atoms with Gasteiger partial charge in [0.05, 0.1) is 4.91 Å². The molecule has 3 aliphatic rings. The van der Waals surface area contributed by atoms with Crippen LogP contribution in [0.1, 0.15) is 55.0 Å².